The van der Waals surface area contributed by atoms with Crippen molar-refractivity contribution in [1.82, 2.24) is 0 Å². The van der Waals surface area contributed by atoms with Crippen LogP contribution in [-0.2, 0) is 10.0 Å². The fourth-order valence-electron chi connectivity index (χ4n) is 1.58. The summed E-state index contributed by atoms with van der Waals surface area (Å²) in [6.45, 7) is 1.95. The largest absolute Gasteiger partial charge is 0.392 e. The number of anilines is 1. The third-order valence-corrected chi connectivity index (χ3v) is 3.51. The van der Waals surface area contributed by atoms with Crippen molar-refractivity contribution in [2.24, 2.45) is 4.40 Å². The molecule has 0 saturated carbocycles. The molecule has 0 aromatic heterocycles. The van der Waals surface area contributed by atoms with Crippen LogP contribution in [0.2, 0.25) is 0 Å². The molecule has 0 bridgehead atoms. The Morgan fingerprint density at radius 1 is 1.44 bits per heavy atom. The lowest BCUT2D eigenvalue weighted by Gasteiger charge is -2.25. The van der Waals surface area contributed by atoms with Gasteiger partial charge in [0.05, 0.1) is 11.8 Å². The second-order valence-electron chi connectivity index (χ2n) is 3.67. The highest BCUT2D eigenvalue weighted by Gasteiger charge is 2.24. The summed E-state index contributed by atoms with van der Waals surface area (Å²) in [5.74, 6) is 0. The Morgan fingerprint density at radius 3 is 2.81 bits per heavy atom. The van der Waals surface area contributed by atoms with E-state index in [1.165, 1.54) is 12.4 Å². The van der Waals surface area contributed by atoms with E-state index < -0.39 is 16.1 Å². The molecule has 1 unspecified atom stereocenters. The highest BCUT2D eigenvalue weighted by atomic mass is 32.2. The predicted molar refractivity (Wildman–Crippen MR) is 61.1 cm³/mol. The monoisotopic (exact) mass is 240 g/mol. The molecule has 0 saturated heterocycles. The van der Waals surface area contributed by atoms with Crippen LogP contribution in [-0.4, -0.2) is 32.5 Å². The molecule has 0 radical (unpaired) electrons. The Labute approximate surface area is 94.1 Å². The second-order valence-corrected chi connectivity index (χ2v) is 5.27. The summed E-state index contributed by atoms with van der Waals surface area (Å²) in [7, 11) is -3.56. The molecule has 0 aliphatic carbocycles. The zero-order valence-electron chi connectivity index (χ0n) is 8.74. The van der Waals surface area contributed by atoms with Gasteiger partial charge in [-0.25, -0.2) is 0 Å². The van der Waals surface area contributed by atoms with Gasteiger partial charge in [0.15, 0.2) is 0 Å². The highest BCUT2D eigenvalue weighted by molar-refractivity contribution is 7.90. The van der Waals surface area contributed by atoms with Crippen molar-refractivity contribution in [2.75, 3.05) is 11.4 Å². The zero-order valence-corrected chi connectivity index (χ0v) is 9.55. The summed E-state index contributed by atoms with van der Waals surface area (Å²) in [4.78, 5) is 1.80. The SMILES string of the molecule is CC(O)CN1C=NS(=O)(=O)c2ccccc21. The van der Waals surface area contributed by atoms with E-state index >= 15 is 0 Å². The molecule has 0 fully saturated rings. The number of hydrogen-bond acceptors (Lipinski definition) is 4. The number of hydrogen-bond donors (Lipinski definition) is 1. The van der Waals surface area contributed by atoms with Crippen molar-refractivity contribution in [3.05, 3.63) is 24.3 Å². The molecular weight excluding hydrogens is 228 g/mol. The summed E-state index contributed by atoms with van der Waals surface area (Å²) in [6.07, 6.45) is 0.685. The lowest BCUT2D eigenvalue weighted by Crippen LogP contribution is -2.33. The molecule has 1 aromatic carbocycles. The molecule has 5 nitrogen and oxygen atoms in total. The Hall–Kier alpha value is -1.40. The average Bonchev–Trinajstić information content (AvgIpc) is 2.23. The van der Waals surface area contributed by atoms with Crippen LogP contribution < -0.4 is 4.90 Å². The van der Waals surface area contributed by atoms with E-state index in [1.54, 1.807) is 30.0 Å². The van der Waals surface area contributed by atoms with Crippen LogP contribution in [0.5, 0.6) is 0 Å². The maximum absolute atomic E-state index is 11.6. The predicted octanol–water partition coefficient (Wildman–Crippen LogP) is 0.604. The number of aliphatic hydroxyl groups is 1. The number of sulfonamides is 1. The van der Waals surface area contributed by atoms with E-state index in [0.717, 1.165) is 0 Å². The number of rotatable bonds is 2. The Bertz CT molecular complexity index is 523. The fraction of sp³-hybridized carbons (Fsp3) is 0.300. The molecule has 0 amide bonds. The zero-order chi connectivity index (χ0) is 11.8. The van der Waals surface area contributed by atoms with Gasteiger partial charge in [-0.15, -0.1) is 4.40 Å². The van der Waals surface area contributed by atoms with Gasteiger partial charge in [0, 0.05) is 6.54 Å². The van der Waals surface area contributed by atoms with Crippen molar-refractivity contribution in [3.63, 3.8) is 0 Å². The lowest BCUT2D eigenvalue weighted by molar-refractivity contribution is 0.204. The van der Waals surface area contributed by atoms with Gasteiger partial charge in [-0.1, -0.05) is 12.1 Å². The van der Waals surface area contributed by atoms with Crippen molar-refractivity contribution in [3.8, 4) is 0 Å². The summed E-state index contributed by atoms with van der Waals surface area (Å²) in [6, 6.07) is 6.61. The summed E-state index contributed by atoms with van der Waals surface area (Å²) < 4.78 is 26.7. The second kappa shape index (κ2) is 3.88. The topological polar surface area (TPSA) is 70.0 Å². The van der Waals surface area contributed by atoms with Gasteiger partial charge < -0.3 is 10.0 Å². The number of aliphatic hydroxyl groups excluding tert-OH is 1. The summed E-state index contributed by atoms with van der Waals surface area (Å²) >= 11 is 0. The molecule has 2 rings (SSSR count). The molecule has 6 heteroatoms. The Kier molecular flexibility index (Phi) is 2.69. The maximum Gasteiger partial charge on any atom is 0.285 e. The summed E-state index contributed by atoms with van der Waals surface area (Å²) in [5, 5.41) is 9.31. The van der Waals surface area contributed by atoms with Crippen LogP contribution in [0.1, 0.15) is 6.92 Å². The first-order chi connectivity index (χ1) is 7.50. The first-order valence-electron chi connectivity index (χ1n) is 4.85. The van der Waals surface area contributed by atoms with Crippen LogP contribution in [0.25, 0.3) is 0 Å². The van der Waals surface area contributed by atoms with Gasteiger partial charge in [-0.2, -0.15) is 8.42 Å². The Morgan fingerprint density at radius 2 is 2.12 bits per heavy atom. The Balaban J connectivity index is 2.49. The van der Waals surface area contributed by atoms with E-state index in [-0.39, 0.29) is 4.90 Å². The molecule has 1 heterocycles. The van der Waals surface area contributed by atoms with Gasteiger partial charge >= 0.3 is 0 Å². The smallest absolute Gasteiger partial charge is 0.285 e. The van der Waals surface area contributed by atoms with Crippen LogP contribution >= 0.6 is 0 Å². The van der Waals surface area contributed by atoms with Crippen LogP contribution in [0.15, 0.2) is 33.6 Å². The van der Waals surface area contributed by atoms with Crippen molar-refractivity contribution >= 4 is 22.0 Å². The van der Waals surface area contributed by atoms with Gasteiger partial charge in [-0.3, -0.25) is 0 Å². The maximum atomic E-state index is 11.6. The van der Waals surface area contributed by atoms with Crippen molar-refractivity contribution in [1.29, 1.82) is 0 Å². The van der Waals surface area contributed by atoms with Crippen LogP contribution in [0, 0.1) is 0 Å². The molecule has 1 N–H and O–H groups in total. The average molecular weight is 240 g/mol. The first-order valence-corrected chi connectivity index (χ1v) is 6.29. The van der Waals surface area contributed by atoms with E-state index in [4.69, 9.17) is 0 Å². The molecular formula is C10H12N2O3S. The van der Waals surface area contributed by atoms with Gasteiger partial charge in [-0.05, 0) is 19.1 Å². The quantitative estimate of drug-likeness (QED) is 0.822. The number of β-amino-alcohol motifs (C(OH)–C–C–N with tert-alkyl or cyclic N) is 1. The number of para-hydroxylation sites is 1. The standard InChI is InChI=1S/C10H12N2O3S/c1-8(13)6-12-7-11-16(14,15)10-5-3-2-4-9(10)12/h2-5,7-8,13H,6H2,1H3. The molecule has 1 aromatic rings. The van der Waals surface area contributed by atoms with E-state index in [9.17, 15) is 13.5 Å². The lowest BCUT2D eigenvalue weighted by atomic mass is 10.2. The van der Waals surface area contributed by atoms with Crippen molar-refractivity contribution < 1.29 is 13.5 Å². The van der Waals surface area contributed by atoms with E-state index in [2.05, 4.69) is 4.40 Å². The van der Waals surface area contributed by atoms with Crippen molar-refractivity contribution in [2.45, 2.75) is 17.9 Å². The van der Waals surface area contributed by atoms with E-state index in [0.29, 0.717) is 12.2 Å². The third-order valence-electron chi connectivity index (χ3n) is 2.24. The molecule has 1 aliphatic rings. The highest BCUT2D eigenvalue weighted by Crippen LogP contribution is 2.28. The third kappa shape index (κ3) is 1.94. The van der Waals surface area contributed by atoms with E-state index in [1.807, 2.05) is 0 Å². The van der Waals surface area contributed by atoms with Gasteiger partial charge in [0.2, 0.25) is 0 Å². The molecule has 1 aliphatic heterocycles. The number of fused-ring (bicyclic) bond motifs is 1. The number of benzene rings is 1. The molecule has 86 valence electrons. The van der Waals surface area contributed by atoms with Crippen LogP contribution in [0.4, 0.5) is 5.69 Å². The minimum atomic E-state index is -3.56. The normalized spacial score (nSPS) is 19.2. The van der Waals surface area contributed by atoms with Gasteiger partial charge in [0.25, 0.3) is 10.0 Å². The van der Waals surface area contributed by atoms with Crippen LogP contribution in [0.3, 0.4) is 0 Å². The number of nitrogens with zero attached hydrogens (tertiary/aromatic N) is 2. The minimum absolute atomic E-state index is 0.179. The fourth-order valence-corrected chi connectivity index (χ4v) is 2.63. The van der Waals surface area contributed by atoms with Gasteiger partial charge in [0.1, 0.15) is 11.2 Å². The molecule has 16 heavy (non-hydrogen) atoms. The molecule has 0 spiro atoms. The summed E-state index contributed by atoms with van der Waals surface area (Å²) in [5.41, 5.74) is 0.554. The molecule has 1 atom stereocenters. The first kappa shape index (κ1) is 11.1. The minimum Gasteiger partial charge on any atom is -0.392 e.